The van der Waals surface area contributed by atoms with Crippen LogP contribution in [0.15, 0.2) is 6.07 Å². The average molecular weight is 217 g/mol. The largest absolute Gasteiger partial charge is 0.325 e. The number of hydrogen-bond donors (Lipinski definition) is 1. The van der Waals surface area contributed by atoms with E-state index in [4.69, 9.17) is 5.73 Å². The summed E-state index contributed by atoms with van der Waals surface area (Å²) in [6.07, 6.45) is -2.84. The Hall–Kier alpha value is -1.63. The molecule has 1 aromatic rings. The molecule has 1 aromatic heterocycles. The number of halogens is 2. The molecule has 15 heavy (non-hydrogen) atoms. The first kappa shape index (κ1) is 11.4. The topological polar surface area (TPSA) is 82.0 Å². The maximum atomic E-state index is 12.3. The Morgan fingerprint density at radius 2 is 2.27 bits per heavy atom. The van der Waals surface area contributed by atoms with Gasteiger partial charge < -0.3 is 5.73 Å². The smallest absolute Gasteiger partial charge is 0.280 e. The van der Waals surface area contributed by atoms with Gasteiger partial charge in [-0.1, -0.05) is 0 Å². The molecule has 0 atom stereocenters. The molecule has 1 rings (SSSR count). The maximum Gasteiger partial charge on any atom is 0.280 e. The number of nitro groups is 1. The van der Waals surface area contributed by atoms with E-state index in [1.807, 2.05) is 0 Å². The van der Waals surface area contributed by atoms with Crippen LogP contribution in [0.5, 0.6) is 0 Å². The van der Waals surface area contributed by atoms with Gasteiger partial charge in [0.25, 0.3) is 12.1 Å². The van der Waals surface area contributed by atoms with E-state index in [0.29, 0.717) is 0 Å². The summed E-state index contributed by atoms with van der Waals surface area (Å²) in [6, 6.07) is 0.777. The first-order valence-electron chi connectivity index (χ1n) is 4.10. The van der Waals surface area contributed by atoms with E-state index in [1.54, 1.807) is 0 Å². The van der Waals surface area contributed by atoms with Gasteiger partial charge >= 0.3 is 0 Å². The fourth-order valence-electron chi connectivity index (χ4n) is 1.17. The highest BCUT2D eigenvalue weighted by atomic mass is 19.3. The number of hydrogen-bond acceptors (Lipinski definition) is 4. The Morgan fingerprint density at radius 3 is 2.67 bits per heavy atom. The van der Waals surface area contributed by atoms with Crippen molar-refractivity contribution in [1.29, 1.82) is 0 Å². The molecule has 0 fully saturated rings. The van der Waals surface area contributed by atoms with Gasteiger partial charge in [0.05, 0.1) is 10.6 Å². The average Bonchev–Trinajstić information content (AvgIpc) is 2.17. The van der Waals surface area contributed by atoms with Crippen LogP contribution >= 0.6 is 0 Å². The summed E-state index contributed by atoms with van der Waals surface area (Å²) in [7, 11) is 0. The SMILES string of the molecule is Cc1c([N+](=O)[O-])cc(C(F)F)nc1CN. The molecular formula is C8H9F2N3O2. The van der Waals surface area contributed by atoms with Crippen LogP contribution < -0.4 is 5.73 Å². The van der Waals surface area contributed by atoms with Crippen LogP contribution in [0.4, 0.5) is 14.5 Å². The second kappa shape index (κ2) is 4.26. The van der Waals surface area contributed by atoms with E-state index in [0.717, 1.165) is 6.07 Å². The van der Waals surface area contributed by atoms with Crippen molar-refractivity contribution < 1.29 is 13.7 Å². The number of pyridine rings is 1. The zero-order valence-corrected chi connectivity index (χ0v) is 7.91. The quantitative estimate of drug-likeness (QED) is 0.617. The van der Waals surface area contributed by atoms with Crippen LogP contribution in [0, 0.1) is 17.0 Å². The highest BCUT2D eigenvalue weighted by Crippen LogP contribution is 2.26. The lowest BCUT2D eigenvalue weighted by atomic mass is 10.1. The first-order chi connectivity index (χ1) is 6.97. The van der Waals surface area contributed by atoms with Gasteiger partial charge in [-0.25, -0.2) is 13.8 Å². The second-order valence-electron chi connectivity index (χ2n) is 2.90. The third-order valence-corrected chi connectivity index (χ3v) is 1.98. The van der Waals surface area contributed by atoms with Gasteiger partial charge in [0.15, 0.2) is 0 Å². The minimum absolute atomic E-state index is 0.104. The number of nitrogens with two attached hydrogens (primary N) is 1. The van der Waals surface area contributed by atoms with Crippen LogP contribution in [0.1, 0.15) is 23.4 Å². The van der Waals surface area contributed by atoms with Crippen molar-refractivity contribution in [3.63, 3.8) is 0 Å². The van der Waals surface area contributed by atoms with Crippen molar-refractivity contribution in [3.8, 4) is 0 Å². The summed E-state index contributed by atoms with van der Waals surface area (Å²) in [6.45, 7) is 1.33. The number of aromatic nitrogens is 1. The van der Waals surface area contributed by atoms with Crippen LogP contribution in [0.2, 0.25) is 0 Å². The summed E-state index contributed by atoms with van der Waals surface area (Å²) >= 11 is 0. The molecule has 1 heterocycles. The molecule has 0 radical (unpaired) electrons. The van der Waals surface area contributed by atoms with E-state index >= 15 is 0 Å². The fraction of sp³-hybridized carbons (Fsp3) is 0.375. The van der Waals surface area contributed by atoms with Crippen LogP contribution in [0.3, 0.4) is 0 Å². The summed E-state index contributed by atoms with van der Waals surface area (Å²) in [5, 5.41) is 10.6. The number of alkyl halides is 2. The molecule has 0 aliphatic carbocycles. The van der Waals surface area contributed by atoms with Crippen molar-refractivity contribution in [2.45, 2.75) is 19.9 Å². The van der Waals surface area contributed by atoms with Crippen molar-refractivity contribution in [1.82, 2.24) is 4.98 Å². The van der Waals surface area contributed by atoms with Crippen molar-refractivity contribution in [3.05, 3.63) is 33.1 Å². The van der Waals surface area contributed by atoms with Gasteiger partial charge in [-0.05, 0) is 6.92 Å². The predicted molar refractivity (Wildman–Crippen MR) is 48.5 cm³/mol. The Morgan fingerprint density at radius 1 is 1.67 bits per heavy atom. The van der Waals surface area contributed by atoms with E-state index < -0.39 is 17.0 Å². The molecule has 0 aliphatic rings. The number of rotatable bonds is 3. The van der Waals surface area contributed by atoms with Gasteiger partial charge in [0.1, 0.15) is 5.69 Å². The van der Waals surface area contributed by atoms with Crippen molar-refractivity contribution in [2.24, 2.45) is 5.73 Å². The fourth-order valence-corrected chi connectivity index (χ4v) is 1.17. The highest BCUT2D eigenvalue weighted by Gasteiger charge is 2.20. The zero-order valence-electron chi connectivity index (χ0n) is 7.91. The van der Waals surface area contributed by atoms with Gasteiger partial charge in [0, 0.05) is 18.2 Å². The van der Waals surface area contributed by atoms with E-state index in [-0.39, 0.29) is 23.5 Å². The van der Waals surface area contributed by atoms with Gasteiger partial charge in [0.2, 0.25) is 0 Å². The summed E-state index contributed by atoms with van der Waals surface area (Å²) in [5.74, 6) is 0. The van der Waals surface area contributed by atoms with Gasteiger partial charge in [-0.2, -0.15) is 0 Å². The summed E-state index contributed by atoms with van der Waals surface area (Å²) in [4.78, 5) is 13.4. The highest BCUT2D eigenvalue weighted by molar-refractivity contribution is 5.43. The molecule has 0 saturated heterocycles. The molecular weight excluding hydrogens is 208 g/mol. The molecule has 0 saturated carbocycles. The lowest BCUT2D eigenvalue weighted by Crippen LogP contribution is -2.08. The van der Waals surface area contributed by atoms with Crippen molar-refractivity contribution >= 4 is 5.69 Å². The molecule has 0 aliphatic heterocycles. The Kier molecular flexibility index (Phi) is 3.25. The Bertz CT molecular complexity index is 396. The third-order valence-electron chi connectivity index (χ3n) is 1.98. The molecule has 5 nitrogen and oxygen atoms in total. The van der Waals surface area contributed by atoms with Crippen molar-refractivity contribution in [2.75, 3.05) is 0 Å². The predicted octanol–water partition coefficient (Wildman–Crippen LogP) is 1.69. The monoisotopic (exact) mass is 217 g/mol. The summed E-state index contributed by atoms with van der Waals surface area (Å²) in [5.41, 5.74) is 4.62. The molecule has 0 amide bonds. The first-order valence-corrected chi connectivity index (χ1v) is 4.10. The molecule has 0 spiro atoms. The van der Waals surface area contributed by atoms with Gasteiger partial charge in [-0.3, -0.25) is 10.1 Å². The summed E-state index contributed by atoms with van der Waals surface area (Å²) < 4.78 is 24.7. The van der Waals surface area contributed by atoms with Gasteiger partial charge in [-0.15, -0.1) is 0 Å². The minimum atomic E-state index is -2.84. The van der Waals surface area contributed by atoms with Crippen LogP contribution in [0.25, 0.3) is 0 Å². The number of nitrogens with zero attached hydrogens (tertiary/aromatic N) is 2. The Labute approximate surface area is 84.1 Å². The van der Waals surface area contributed by atoms with Crippen LogP contribution in [-0.4, -0.2) is 9.91 Å². The maximum absolute atomic E-state index is 12.3. The van der Waals surface area contributed by atoms with E-state index in [2.05, 4.69) is 4.98 Å². The lowest BCUT2D eigenvalue weighted by Gasteiger charge is -2.06. The molecule has 7 heteroatoms. The van der Waals surface area contributed by atoms with E-state index in [9.17, 15) is 18.9 Å². The second-order valence-corrected chi connectivity index (χ2v) is 2.90. The molecule has 0 aromatic carbocycles. The lowest BCUT2D eigenvalue weighted by molar-refractivity contribution is -0.385. The Balaban J connectivity index is 3.38. The zero-order chi connectivity index (χ0) is 11.6. The molecule has 0 unspecified atom stereocenters. The third kappa shape index (κ3) is 2.24. The standard InChI is InChI=1S/C8H9F2N3O2/c1-4-6(3-11)12-5(8(9)10)2-7(4)13(14)15/h2,8H,3,11H2,1H3. The van der Waals surface area contributed by atoms with E-state index in [1.165, 1.54) is 6.92 Å². The molecule has 0 bridgehead atoms. The molecule has 2 N–H and O–H groups in total. The minimum Gasteiger partial charge on any atom is -0.325 e. The molecule has 82 valence electrons. The normalized spacial score (nSPS) is 10.7. The van der Waals surface area contributed by atoms with Crippen LogP contribution in [-0.2, 0) is 6.54 Å².